The fourth-order valence-corrected chi connectivity index (χ4v) is 2.84. The molecule has 0 aliphatic rings. The number of halogens is 2. The van der Waals surface area contributed by atoms with Crippen molar-refractivity contribution < 1.29 is 14.3 Å². The Morgan fingerprint density at radius 3 is 2.59 bits per heavy atom. The highest BCUT2D eigenvalue weighted by Crippen LogP contribution is 2.26. The highest BCUT2D eigenvalue weighted by Gasteiger charge is 2.10. The molecule has 1 atom stereocenters. The third-order valence-electron chi connectivity index (χ3n) is 2.94. The summed E-state index contributed by atoms with van der Waals surface area (Å²) in [4.78, 5) is 12.6. The van der Waals surface area contributed by atoms with Crippen LogP contribution in [0, 0.1) is 5.82 Å². The minimum Gasteiger partial charge on any atom is -0.387 e. The molecule has 1 unspecified atom stereocenters. The Labute approximate surface area is 137 Å². The van der Waals surface area contributed by atoms with Crippen LogP contribution in [-0.4, -0.2) is 23.3 Å². The van der Waals surface area contributed by atoms with Gasteiger partial charge in [-0.05, 0) is 29.8 Å². The van der Waals surface area contributed by atoms with Crippen LogP contribution in [0.5, 0.6) is 0 Å². The van der Waals surface area contributed by atoms with E-state index >= 15 is 0 Å². The number of nitrogens with one attached hydrogen (secondary N) is 1. The van der Waals surface area contributed by atoms with Gasteiger partial charge in [0.2, 0.25) is 5.91 Å². The Morgan fingerprint density at radius 2 is 1.91 bits per heavy atom. The number of aliphatic hydroxyl groups is 1. The standard InChI is InChI=1S/C16H15ClFNO2S/c17-13-3-1-2-4-15(13)22-10-16(21)19-9-14(20)11-5-7-12(18)8-6-11/h1-8,14,20H,9-10H2,(H,19,21). The zero-order valence-corrected chi connectivity index (χ0v) is 13.2. The third kappa shape index (κ3) is 5.02. The first-order valence-electron chi connectivity index (χ1n) is 6.64. The lowest BCUT2D eigenvalue weighted by Crippen LogP contribution is -2.29. The molecule has 22 heavy (non-hydrogen) atoms. The second-order valence-corrected chi connectivity index (χ2v) is 6.01. The van der Waals surface area contributed by atoms with Crippen LogP contribution in [0.3, 0.4) is 0 Å². The van der Waals surface area contributed by atoms with Gasteiger partial charge in [0.15, 0.2) is 0 Å². The fourth-order valence-electron chi connectivity index (χ4n) is 1.77. The van der Waals surface area contributed by atoms with Gasteiger partial charge in [-0.2, -0.15) is 0 Å². The van der Waals surface area contributed by atoms with Crippen LogP contribution in [0.4, 0.5) is 4.39 Å². The molecule has 0 heterocycles. The molecule has 2 aromatic carbocycles. The zero-order chi connectivity index (χ0) is 15.9. The topological polar surface area (TPSA) is 49.3 Å². The molecule has 0 saturated carbocycles. The summed E-state index contributed by atoms with van der Waals surface area (Å²) in [6.45, 7) is 0.0769. The average Bonchev–Trinajstić information content (AvgIpc) is 2.52. The Morgan fingerprint density at radius 1 is 1.23 bits per heavy atom. The van der Waals surface area contributed by atoms with Crippen LogP contribution in [0.2, 0.25) is 5.02 Å². The number of rotatable bonds is 6. The summed E-state index contributed by atoms with van der Waals surface area (Å²) >= 11 is 7.33. The fraction of sp³-hybridized carbons (Fsp3) is 0.188. The number of carbonyl (C=O) groups excluding carboxylic acids is 1. The monoisotopic (exact) mass is 339 g/mol. The highest BCUT2D eigenvalue weighted by atomic mass is 35.5. The first-order valence-corrected chi connectivity index (χ1v) is 8.00. The smallest absolute Gasteiger partial charge is 0.230 e. The van der Waals surface area contributed by atoms with Gasteiger partial charge in [-0.3, -0.25) is 4.79 Å². The molecule has 6 heteroatoms. The van der Waals surface area contributed by atoms with E-state index in [4.69, 9.17) is 11.6 Å². The summed E-state index contributed by atoms with van der Waals surface area (Å²) in [7, 11) is 0. The van der Waals surface area contributed by atoms with Crippen molar-refractivity contribution in [3.8, 4) is 0 Å². The summed E-state index contributed by atoms with van der Waals surface area (Å²) < 4.78 is 12.8. The van der Waals surface area contributed by atoms with E-state index in [0.717, 1.165) is 4.90 Å². The van der Waals surface area contributed by atoms with Crippen LogP contribution in [0.25, 0.3) is 0 Å². The van der Waals surface area contributed by atoms with Gasteiger partial charge in [-0.15, -0.1) is 11.8 Å². The molecule has 2 aromatic rings. The van der Waals surface area contributed by atoms with E-state index in [1.54, 1.807) is 6.07 Å². The average molecular weight is 340 g/mol. The van der Waals surface area contributed by atoms with Crippen molar-refractivity contribution in [3.05, 3.63) is 64.9 Å². The van der Waals surface area contributed by atoms with Crippen LogP contribution >= 0.6 is 23.4 Å². The second-order valence-electron chi connectivity index (χ2n) is 4.59. The van der Waals surface area contributed by atoms with E-state index in [9.17, 15) is 14.3 Å². The number of hydrogen-bond acceptors (Lipinski definition) is 3. The lowest BCUT2D eigenvalue weighted by atomic mass is 10.1. The molecular formula is C16H15ClFNO2S. The Hall–Kier alpha value is -1.56. The van der Waals surface area contributed by atoms with Gasteiger partial charge >= 0.3 is 0 Å². The van der Waals surface area contributed by atoms with E-state index in [0.29, 0.717) is 10.6 Å². The molecule has 0 spiro atoms. The Bertz CT molecular complexity index is 636. The normalized spacial score (nSPS) is 12.0. The van der Waals surface area contributed by atoms with Gasteiger partial charge in [-0.25, -0.2) is 4.39 Å². The SMILES string of the molecule is O=C(CSc1ccccc1Cl)NCC(O)c1ccc(F)cc1. The van der Waals surface area contributed by atoms with Gasteiger partial charge in [0.05, 0.1) is 16.9 Å². The third-order valence-corrected chi connectivity index (χ3v) is 4.46. The predicted octanol–water partition coefficient (Wildman–Crippen LogP) is 3.42. The molecule has 0 aliphatic carbocycles. The van der Waals surface area contributed by atoms with Crippen molar-refractivity contribution in [3.63, 3.8) is 0 Å². The van der Waals surface area contributed by atoms with Crippen molar-refractivity contribution >= 4 is 29.3 Å². The summed E-state index contributed by atoms with van der Waals surface area (Å²) in [5, 5.41) is 13.2. The van der Waals surface area contributed by atoms with E-state index in [1.165, 1.54) is 36.0 Å². The molecular weight excluding hydrogens is 325 g/mol. The molecule has 0 aromatic heterocycles. The van der Waals surface area contributed by atoms with Crippen molar-refractivity contribution in [2.24, 2.45) is 0 Å². The van der Waals surface area contributed by atoms with Crippen molar-refractivity contribution in [1.29, 1.82) is 0 Å². The molecule has 2 rings (SSSR count). The van der Waals surface area contributed by atoms with Crippen LogP contribution in [-0.2, 0) is 4.79 Å². The molecule has 116 valence electrons. The summed E-state index contributed by atoms with van der Waals surface area (Å²) in [6, 6.07) is 12.8. The minimum atomic E-state index is -0.866. The number of thioether (sulfide) groups is 1. The number of carbonyl (C=O) groups is 1. The Balaban J connectivity index is 1.78. The van der Waals surface area contributed by atoms with E-state index in [1.807, 2.05) is 18.2 Å². The largest absolute Gasteiger partial charge is 0.387 e. The molecule has 0 bridgehead atoms. The summed E-state index contributed by atoms with van der Waals surface area (Å²) in [5.41, 5.74) is 0.556. The molecule has 0 aliphatic heterocycles. The van der Waals surface area contributed by atoms with E-state index in [-0.39, 0.29) is 24.0 Å². The van der Waals surface area contributed by atoms with E-state index < -0.39 is 6.10 Å². The molecule has 0 radical (unpaired) electrons. The maximum absolute atomic E-state index is 12.8. The number of hydrogen-bond donors (Lipinski definition) is 2. The van der Waals surface area contributed by atoms with Gasteiger partial charge in [0.1, 0.15) is 5.82 Å². The number of aliphatic hydroxyl groups excluding tert-OH is 1. The van der Waals surface area contributed by atoms with Crippen LogP contribution < -0.4 is 5.32 Å². The van der Waals surface area contributed by atoms with Gasteiger partial charge < -0.3 is 10.4 Å². The number of benzene rings is 2. The molecule has 3 nitrogen and oxygen atoms in total. The van der Waals surface area contributed by atoms with Crippen molar-refractivity contribution in [2.45, 2.75) is 11.0 Å². The van der Waals surface area contributed by atoms with Crippen LogP contribution in [0.15, 0.2) is 53.4 Å². The van der Waals surface area contributed by atoms with Crippen molar-refractivity contribution in [1.82, 2.24) is 5.32 Å². The predicted molar refractivity (Wildman–Crippen MR) is 86.5 cm³/mol. The highest BCUT2D eigenvalue weighted by molar-refractivity contribution is 8.00. The molecule has 1 amide bonds. The quantitative estimate of drug-likeness (QED) is 0.793. The zero-order valence-electron chi connectivity index (χ0n) is 11.6. The first kappa shape index (κ1) is 16.8. The van der Waals surface area contributed by atoms with Crippen LogP contribution in [0.1, 0.15) is 11.7 Å². The molecule has 0 saturated heterocycles. The minimum absolute atomic E-state index is 0.0769. The summed E-state index contributed by atoms with van der Waals surface area (Å²) in [6.07, 6.45) is -0.866. The van der Waals surface area contributed by atoms with Gasteiger partial charge in [0.25, 0.3) is 0 Å². The van der Waals surface area contributed by atoms with Gasteiger partial charge in [0, 0.05) is 11.4 Å². The maximum atomic E-state index is 12.8. The van der Waals surface area contributed by atoms with Gasteiger partial charge in [-0.1, -0.05) is 35.9 Å². The lowest BCUT2D eigenvalue weighted by Gasteiger charge is -2.12. The lowest BCUT2D eigenvalue weighted by molar-refractivity contribution is -0.119. The number of amides is 1. The summed E-state index contributed by atoms with van der Waals surface area (Å²) in [5.74, 6) is -0.359. The molecule has 2 N–H and O–H groups in total. The Kier molecular flexibility index (Phi) is 6.24. The molecule has 0 fully saturated rings. The van der Waals surface area contributed by atoms with E-state index in [2.05, 4.69) is 5.32 Å². The van der Waals surface area contributed by atoms with Crippen molar-refractivity contribution in [2.75, 3.05) is 12.3 Å². The second kappa shape index (κ2) is 8.17. The maximum Gasteiger partial charge on any atom is 0.230 e. The first-order chi connectivity index (χ1) is 10.6.